The lowest BCUT2D eigenvalue weighted by molar-refractivity contribution is -0.221. The number of hydrogen-bond acceptors (Lipinski definition) is 8. The number of esters is 1. The number of ether oxygens (including phenoxy) is 3. The van der Waals surface area contributed by atoms with Crippen LogP contribution in [0.5, 0.6) is 0 Å². The molecule has 0 aliphatic carbocycles. The largest absolute Gasteiger partial charge is 0.463 e. The van der Waals surface area contributed by atoms with Crippen molar-refractivity contribution in [1.82, 2.24) is 5.32 Å². The van der Waals surface area contributed by atoms with Crippen molar-refractivity contribution >= 4 is 23.6 Å². The summed E-state index contributed by atoms with van der Waals surface area (Å²) in [4.78, 5) is 25.1. The quantitative estimate of drug-likeness (QED) is 0.300. The molecule has 5 atom stereocenters. The summed E-state index contributed by atoms with van der Waals surface area (Å²) in [7, 11) is 0. The standard InChI is InChI=1S/C26H31NO7S/c1-2-15-32-25-23(30)20(34-26(24(25)31)35-19-11-7-4-8-12-19)17-33-22(29)14-13-21(28)27-16-18-9-5-3-6-10-18/h2-12,20,23-26,30-31H,1,13-17H2,(H,27,28)/t20-,23-,24-,25+,26+/m1/s1. The lowest BCUT2D eigenvalue weighted by Gasteiger charge is -2.42. The molecule has 0 bridgehead atoms. The van der Waals surface area contributed by atoms with Crippen molar-refractivity contribution in [3.8, 4) is 0 Å². The molecule has 1 heterocycles. The van der Waals surface area contributed by atoms with Crippen molar-refractivity contribution in [3.05, 3.63) is 78.9 Å². The van der Waals surface area contributed by atoms with E-state index in [1.807, 2.05) is 60.7 Å². The zero-order valence-corrected chi connectivity index (χ0v) is 20.1. The van der Waals surface area contributed by atoms with E-state index < -0.39 is 35.8 Å². The molecule has 0 aromatic heterocycles. The second-order valence-electron chi connectivity index (χ2n) is 7.99. The van der Waals surface area contributed by atoms with E-state index in [1.54, 1.807) is 0 Å². The number of carbonyl (C=O) groups excluding carboxylic acids is 2. The smallest absolute Gasteiger partial charge is 0.306 e. The van der Waals surface area contributed by atoms with Gasteiger partial charge in [0.15, 0.2) is 0 Å². The molecule has 0 spiro atoms. The fourth-order valence-electron chi connectivity index (χ4n) is 3.49. The second kappa shape index (κ2) is 14.0. The highest BCUT2D eigenvalue weighted by atomic mass is 32.2. The Bertz CT molecular complexity index is 943. The van der Waals surface area contributed by atoms with Gasteiger partial charge in [0.25, 0.3) is 0 Å². The van der Waals surface area contributed by atoms with Crippen LogP contribution >= 0.6 is 11.8 Å². The maximum Gasteiger partial charge on any atom is 0.306 e. The number of aliphatic hydroxyl groups is 2. The first-order valence-corrected chi connectivity index (χ1v) is 12.3. The van der Waals surface area contributed by atoms with E-state index in [2.05, 4.69) is 11.9 Å². The Morgan fingerprint density at radius 3 is 2.40 bits per heavy atom. The van der Waals surface area contributed by atoms with E-state index in [0.29, 0.717) is 6.54 Å². The van der Waals surface area contributed by atoms with Gasteiger partial charge in [-0.05, 0) is 17.7 Å². The van der Waals surface area contributed by atoms with Crippen LogP contribution in [0.1, 0.15) is 18.4 Å². The van der Waals surface area contributed by atoms with Crippen LogP contribution in [-0.4, -0.2) is 65.2 Å². The van der Waals surface area contributed by atoms with Crippen molar-refractivity contribution in [2.24, 2.45) is 0 Å². The van der Waals surface area contributed by atoms with E-state index >= 15 is 0 Å². The Morgan fingerprint density at radius 2 is 1.71 bits per heavy atom. The zero-order chi connectivity index (χ0) is 25.0. The second-order valence-corrected chi connectivity index (χ2v) is 9.16. The van der Waals surface area contributed by atoms with E-state index in [9.17, 15) is 19.8 Å². The molecule has 3 N–H and O–H groups in total. The van der Waals surface area contributed by atoms with Crippen LogP contribution in [0.25, 0.3) is 0 Å². The summed E-state index contributed by atoms with van der Waals surface area (Å²) < 4.78 is 16.8. The molecule has 1 aliphatic rings. The monoisotopic (exact) mass is 501 g/mol. The van der Waals surface area contributed by atoms with Gasteiger partial charge >= 0.3 is 5.97 Å². The van der Waals surface area contributed by atoms with Crippen LogP contribution < -0.4 is 5.32 Å². The van der Waals surface area contributed by atoms with E-state index in [4.69, 9.17) is 14.2 Å². The molecule has 1 amide bonds. The molecular formula is C26H31NO7S. The SMILES string of the molecule is C=CCO[C@@H]1[C@@H](O)[C@H](Sc2ccccc2)O[C@H](COC(=O)CCC(=O)NCc2ccccc2)[C@H]1O. The number of hydrogen-bond donors (Lipinski definition) is 3. The summed E-state index contributed by atoms with van der Waals surface area (Å²) in [5, 5.41) is 24.2. The van der Waals surface area contributed by atoms with Crippen LogP contribution in [0.4, 0.5) is 0 Å². The molecule has 1 aliphatic heterocycles. The number of benzene rings is 2. The van der Waals surface area contributed by atoms with Crippen LogP contribution in [0.3, 0.4) is 0 Å². The number of thioether (sulfide) groups is 1. The van der Waals surface area contributed by atoms with Crippen molar-refractivity contribution in [3.63, 3.8) is 0 Å². The molecule has 2 aromatic rings. The molecule has 9 heteroatoms. The van der Waals surface area contributed by atoms with E-state index in [1.165, 1.54) is 17.8 Å². The molecule has 35 heavy (non-hydrogen) atoms. The number of amides is 1. The molecule has 0 radical (unpaired) electrons. The number of rotatable bonds is 12. The summed E-state index contributed by atoms with van der Waals surface area (Å²) in [6, 6.07) is 18.8. The van der Waals surface area contributed by atoms with Crippen molar-refractivity contribution in [1.29, 1.82) is 0 Å². The third-order valence-electron chi connectivity index (χ3n) is 5.34. The minimum atomic E-state index is -1.22. The van der Waals surface area contributed by atoms with Gasteiger partial charge in [0.1, 0.15) is 36.5 Å². The summed E-state index contributed by atoms with van der Waals surface area (Å²) in [6.07, 6.45) is -2.80. The fraction of sp³-hybridized carbons (Fsp3) is 0.385. The molecule has 3 rings (SSSR count). The first-order chi connectivity index (χ1) is 17.0. The van der Waals surface area contributed by atoms with Gasteiger partial charge in [0.2, 0.25) is 5.91 Å². The van der Waals surface area contributed by atoms with E-state index in [-0.39, 0.29) is 32.0 Å². The van der Waals surface area contributed by atoms with E-state index in [0.717, 1.165) is 10.5 Å². The van der Waals surface area contributed by atoms with Crippen molar-refractivity contribution in [2.45, 2.75) is 54.1 Å². The summed E-state index contributed by atoms with van der Waals surface area (Å²) in [5.41, 5.74) is 0.216. The highest BCUT2D eigenvalue weighted by Gasteiger charge is 2.46. The third-order valence-corrected chi connectivity index (χ3v) is 6.51. The minimum Gasteiger partial charge on any atom is -0.463 e. The Morgan fingerprint density at radius 1 is 1.03 bits per heavy atom. The van der Waals surface area contributed by atoms with Gasteiger partial charge in [-0.15, -0.1) is 6.58 Å². The third kappa shape index (κ3) is 8.48. The predicted molar refractivity (Wildman–Crippen MR) is 131 cm³/mol. The molecule has 0 unspecified atom stereocenters. The molecule has 188 valence electrons. The van der Waals surface area contributed by atoms with Crippen molar-refractivity contribution < 1.29 is 34.0 Å². The zero-order valence-electron chi connectivity index (χ0n) is 19.3. The molecule has 1 saturated heterocycles. The maximum atomic E-state index is 12.2. The lowest BCUT2D eigenvalue weighted by Crippen LogP contribution is -2.58. The summed E-state index contributed by atoms with van der Waals surface area (Å²) in [6.45, 7) is 3.87. The predicted octanol–water partition coefficient (Wildman–Crippen LogP) is 2.44. The van der Waals surface area contributed by atoms with Crippen LogP contribution in [0.2, 0.25) is 0 Å². The van der Waals surface area contributed by atoms with Gasteiger partial charge in [-0.25, -0.2) is 0 Å². The molecule has 8 nitrogen and oxygen atoms in total. The fourth-order valence-corrected chi connectivity index (χ4v) is 4.57. The number of nitrogens with one attached hydrogen (secondary N) is 1. The van der Waals surface area contributed by atoms with Gasteiger partial charge in [-0.3, -0.25) is 9.59 Å². The average Bonchev–Trinajstić information content (AvgIpc) is 2.88. The van der Waals surface area contributed by atoms with Crippen LogP contribution in [-0.2, 0) is 30.3 Å². The Kier molecular flexibility index (Phi) is 10.8. The summed E-state index contributed by atoms with van der Waals surface area (Å²) in [5.74, 6) is -0.849. The Labute approximate surface area is 209 Å². The highest BCUT2D eigenvalue weighted by Crippen LogP contribution is 2.34. The van der Waals surface area contributed by atoms with Gasteiger partial charge in [0.05, 0.1) is 13.0 Å². The normalized spacial score (nSPS) is 23.9. The Hall–Kier alpha value is -2.69. The minimum absolute atomic E-state index is 0.0178. The Balaban J connectivity index is 1.50. The first-order valence-electron chi connectivity index (χ1n) is 11.4. The molecule has 2 aromatic carbocycles. The van der Waals surface area contributed by atoms with Gasteiger partial charge in [-0.1, -0.05) is 66.4 Å². The van der Waals surface area contributed by atoms with Gasteiger partial charge in [-0.2, -0.15) is 0 Å². The topological polar surface area (TPSA) is 114 Å². The number of carbonyl (C=O) groups is 2. The highest BCUT2D eigenvalue weighted by molar-refractivity contribution is 7.99. The van der Waals surface area contributed by atoms with Crippen LogP contribution in [0, 0.1) is 0 Å². The average molecular weight is 502 g/mol. The molecule has 1 fully saturated rings. The van der Waals surface area contributed by atoms with Crippen molar-refractivity contribution in [2.75, 3.05) is 13.2 Å². The molecular weight excluding hydrogens is 470 g/mol. The number of aliphatic hydroxyl groups excluding tert-OH is 2. The van der Waals surface area contributed by atoms with Crippen LogP contribution in [0.15, 0.2) is 78.2 Å². The maximum absolute atomic E-state index is 12.2. The first kappa shape index (κ1) is 26.9. The summed E-state index contributed by atoms with van der Waals surface area (Å²) >= 11 is 1.29. The van der Waals surface area contributed by atoms with Gasteiger partial charge in [0, 0.05) is 17.9 Å². The molecule has 0 saturated carbocycles. The van der Waals surface area contributed by atoms with Gasteiger partial charge < -0.3 is 29.7 Å². The lowest BCUT2D eigenvalue weighted by atomic mass is 10.00.